The second-order valence-corrected chi connectivity index (χ2v) is 24.7. The third kappa shape index (κ3) is 34.4. The molecule has 3 aliphatic heterocycles. The molecule has 3 rings (SSSR count). The molecule has 0 aromatic carbocycles. The van der Waals surface area contributed by atoms with Gasteiger partial charge in [-0.05, 0) is 70.6 Å². The fraction of sp³-hybridized carbons (Fsp3) is 0.908. The molecule has 0 bridgehead atoms. The Hall–Kier alpha value is -3.10. The average Bonchev–Trinajstić information content (AvgIpc) is 0.921. The van der Waals surface area contributed by atoms with Gasteiger partial charge in [0.15, 0.2) is 18.9 Å². The van der Waals surface area contributed by atoms with E-state index in [-0.39, 0.29) is 122 Å². The molecule has 3 aliphatic rings. The van der Waals surface area contributed by atoms with Gasteiger partial charge in [0.05, 0.1) is 77.8 Å². The van der Waals surface area contributed by atoms with E-state index in [0.717, 1.165) is 12.8 Å². The lowest BCUT2D eigenvalue weighted by Crippen LogP contribution is -2.55. The molecule has 534 valence electrons. The van der Waals surface area contributed by atoms with Crippen LogP contribution in [0.4, 0.5) is 0 Å². The van der Waals surface area contributed by atoms with Crippen molar-refractivity contribution in [3.05, 3.63) is 0 Å². The molecular formula is C65H120N2O24. The third-order valence-electron chi connectivity index (χ3n) is 16.6. The maximum atomic E-state index is 12.8. The number of aliphatic hydroxyl groups excluding tert-OH is 9. The van der Waals surface area contributed by atoms with Crippen LogP contribution in [0, 0.1) is 23.2 Å². The van der Waals surface area contributed by atoms with E-state index >= 15 is 0 Å². The molecule has 26 heteroatoms. The summed E-state index contributed by atoms with van der Waals surface area (Å²) in [7, 11) is 0. The largest absolute Gasteiger partial charge is 0.394 e. The lowest BCUT2D eigenvalue weighted by molar-refractivity contribution is -0.282. The summed E-state index contributed by atoms with van der Waals surface area (Å²) in [5, 5.41) is 94.6. The molecule has 26 nitrogen and oxygen atoms in total. The van der Waals surface area contributed by atoms with Crippen molar-refractivity contribution in [3.63, 3.8) is 0 Å². The molecule has 15 unspecified atom stereocenters. The highest BCUT2D eigenvalue weighted by atomic mass is 16.7. The standard InChI is InChI=1S/C63H112N2O24.2CH4/c1-42-54(75)57(78)49(36-66)87-60(42)84-30-14-11-22-45(69)18-7-5-9-20-47(71)25-33-81-39-63(4,40-82-34-26-48(72)21-10-6-8-19-46(70)23-12-15-31-85-61-43(2)55(76)58(79)50(37-67)88-61)41-83-35-27-53(74)65-29-17-28-64-52(73)24-13-16-32-86-62-44(3)56(77)59(80)51(38-68)89-62;;/h42-44,49-51,54-62,66-68,75-80H,5-41H2,1-4H3,(H,64,73)(H,65,74);2*1H4. The number of rotatable bonds is 52. The van der Waals surface area contributed by atoms with Crippen LogP contribution in [0.15, 0.2) is 0 Å². The Morgan fingerprint density at radius 1 is 0.363 bits per heavy atom. The van der Waals surface area contributed by atoms with Crippen LogP contribution >= 0.6 is 0 Å². The van der Waals surface area contributed by atoms with Gasteiger partial charge in [0.25, 0.3) is 0 Å². The summed E-state index contributed by atoms with van der Waals surface area (Å²) in [5.41, 5.74) is -0.686. The van der Waals surface area contributed by atoms with E-state index in [9.17, 15) is 74.7 Å². The minimum absolute atomic E-state index is 0. The molecule has 0 spiro atoms. The average molecular weight is 1310 g/mol. The predicted octanol–water partition coefficient (Wildman–Crippen LogP) is 3.07. The summed E-state index contributed by atoms with van der Waals surface area (Å²) in [6, 6.07) is 0. The molecule has 0 saturated carbocycles. The van der Waals surface area contributed by atoms with Crippen molar-refractivity contribution in [3.8, 4) is 0 Å². The first kappa shape index (κ1) is 85.9. The lowest BCUT2D eigenvalue weighted by atomic mass is 9.92. The number of amides is 2. The molecule has 3 saturated heterocycles. The highest BCUT2D eigenvalue weighted by Crippen LogP contribution is 2.30. The SMILES string of the molecule is C.C.CC1C(OCCCCC(=O)CCCCCC(=O)CCOCC(C)(COCCC(=O)CCCCCC(=O)CCCCOC2OC(CO)C(O)C(O)C2C)COCCC(=O)NCCCNC(=O)CCCCOC2OC(CO)C(O)C(O)C2C)OC(CO)C(O)C1O. The van der Waals surface area contributed by atoms with E-state index in [0.29, 0.717) is 135 Å². The van der Waals surface area contributed by atoms with Crippen molar-refractivity contribution in [2.75, 3.05) is 92.4 Å². The van der Waals surface area contributed by atoms with Gasteiger partial charge in [0, 0.05) is 120 Å². The molecule has 2 amide bonds. The summed E-state index contributed by atoms with van der Waals surface area (Å²) in [6.45, 7) is 8.21. The van der Waals surface area contributed by atoms with E-state index in [1.165, 1.54) is 0 Å². The van der Waals surface area contributed by atoms with Crippen LogP contribution in [0.2, 0.25) is 0 Å². The second-order valence-electron chi connectivity index (χ2n) is 24.7. The number of ether oxygens (including phenoxy) is 9. The van der Waals surface area contributed by atoms with Crippen LogP contribution in [0.5, 0.6) is 0 Å². The van der Waals surface area contributed by atoms with Gasteiger partial charge in [0.2, 0.25) is 11.8 Å². The Bertz CT molecular complexity index is 1760. The minimum atomic E-state index is -1.21. The van der Waals surface area contributed by atoms with Crippen molar-refractivity contribution in [2.45, 2.75) is 264 Å². The molecule has 15 atom stereocenters. The van der Waals surface area contributed by atoms with Gasteiger partial charge in [-0.2, -0.15) is 0 Å². The van der Waals surface area contributed by atoms with Gasteiger partial charge >= 0.3 is 0 Å². The van der Waals surface area contributed by atoms with Crippen molar-refractivity contribution >= 4 is 34.9 Å². The molecule has 0 radical (unpaired) electrons. The minimum Gasteiger partial charge on any atom is -0.394 e. The predicted molar refractivity (Wildman–Crippen MR) is 335 cm³/mol. The van der Waals surface area contributed by atoms with E-state index in [2.05, 4.69) is 10.6 Å². The lowest BCUT2D eigenvalue weighted by Gasteiger charge is -2.40. The first-order chi connectivity index (χ1) is 42.6. The normalized spacial score (nSPS) is 27.2. The molecule has 0 aromatic rings. The summed E-state index contributed by atoms with van der Waals surface area (Å²) in [6.07, 6.45) is -0.721. The van der Waals surface area contributed by atoms with E-state index in [4.69, 9.17) is 42.6 Å². The summed E-state index contributed by atoms with van der Waals surface area (Å²) in [5.74, 6) is -1.49. The van der Waals surface area contributed by atoms with E-state index in [1.807, 2.05) is 6.92 Å². The van der Waals surface area contributed by atoms with Crippen LogP contribution < -0.4 is 10.6 Å². The maximum Gasteiger partial charge on any atom is 0.222 e. The summed E-state index contributed by atoms with van der Waals surface area (Å²) < 4.78 is 51.8. The number of hydrogen-bond donors (Lipinski definition) is 11. The van der Waals surface area contributed by atoms with Crippen LogP contribution in [-0.4, -0.2) is 247 Å². The van der Waals surface area contributed by atoms with Crippen LogP contribution in [0.25, 0.3) is 0 Å². The van der Waals surface area contributed by atoms with Crippen LogP contribution in [-0.2, 0) is 71.4 Å². The number of aliphatic hydroxyl groups is 9. The van der Waals surface area contributed by atoms with Gasteiger partial charge in [-0.1, -0.05) is 55.4 Å². The zero-order valence-electron chi connectivity index (χ0n) is 53.5. The Morgan fingerprint density at radius 3 is 0.956 bits per heavy atom. The second kappa shape index (κ2) is 49.4. The van der Waals surface area contributed by atoms with Gasteiger partial charge < -0.3 is 99.2 Å². The molecule has 3 fully saturated rings. The zero-order chi connectivity index (χ0) is 65.6. The number of hydrogen-bond acceptors (Lipinski definition) is 24. The van der Waals surface area contributed by atoms with Gasteiger partial charge in [-0.3, -0.25) is 28.8 Å². The van der Waals surface area contributed by atoms with Gasteiger partial charge in [0.1, 0.15) is 59.8 Å². The topological polar surface area (TPSA) is 392 Å². The highest BCUT2D eigenvalue weighted by molar-refractivity contribution is 5.80. The maximum absolute atomic E-state index is 12.8. The molecule has 3 heterocycles. The number of Topliss-reactive ketones (excluding diaryl/α,β-unsaturated/α-hetero) is 4. The first-order valence-corrected chi connectivity index (χ1v) is 32.7. The Kier molecular flexibility index (Phi) is 46.7. The Morgan fingerprint density at radius 2 is 0.637 bits per heavy atom. The van der Waals surface area contributed by atoms with Crippen molar-refractivity contribution in [1.82, 2.24) is 10.6 Å². The monoisotopic (exact) mass is 1310 g/mol. The van der Waals surface area contributed by atoms with Gasteiger partial charge in [-0.15, -0.1) is 0 Å². The number of ketones is 4. The number of carbonyl (C=O) groups is 6. The fourth-order valence-electron chi connectivity index (χ4n) is 10.5. The van der Waals surface area contributed by atoms with Crippen LogP contribution in [0.1, 0.15) is 190 Å². The number of nitrogens with one attached hydrogen (secondary N) is 2. The van der Waals surface area contributed by atoms with Gasteiger partial charge in [-0.25, -0.2) is 0 Å². The third-order valence-corrected chi connectivity index (χ3v) is 16.6. The highest BCUT2D eigenvalue weighted by Gasteiger charge is 2.44. The van der Waals surface area contributed by atoms with E-state index in [1.54, 1.807) is 20.8 Å². The molecular weight excluding hydrogens is 1190 g/mol. The van der Waals surface area contributed by atoms with Crippen molar-refractivity contribution in [1.29, 1.82) is 0 Å². The molecule has 0 aromatic heterocycles. The van der Waals surface area contributed by atoms with E-state index < -0.39 is 117 Å². The first-order valence-electron chi connectivity index (χ1n) is 32.7. The summed E-state index contributed by atoms with van der Waals surface area (Å²) >= 11 is 0. The quantitative estimate of drug-likeness (QED) is 0.0390. The Balaban J connectivity index is 0.0000207. The summed E-state index contributed by atoms with van der Waals surface area (Å²) in [4.78, 5) is 75.5. The van der Waals surface area contributed by atoms with Crippen molar-refractivity contribution < 1.29 is 117 Å². The number of carbonyl (C=O) groups excluding carboxylic acids is 6. The molecule has 91 heavy (non-hydrogen) atoms. The number of unbranched alkanes of at least 4 members (excludes halogenated alkanes) is 7. The zero-order valence-corrected chi connectivity index (χ0v) is 53.5. The Labute approximate surface area is 540 Å². The molecule has 0 aliphatic carbocycles. The fourth-order valence-corrected chi connectivity index (χ4v) is 10.5. The van der Waals surface area contributed by atoms with Crippen molar-refractivity contribution in [2.24, 2.45) is 23.2 Å². The van der Waals surface area contributed by atoms with Crippen LogP contribution in [0.3, 0.4) is 0 Å². The smallest absolute Gasteiger partial charge is 0.222 e. The molecule has 11 N–H and O–H groups in total.